The molecular formula is C19H23N3O4. The van der Waals surface area contributed by atoms with Crippen LogP contribution in [0.25, 0.3) is 0 Å². The number of benzene rings is 1. The third-order valence-corrected chi connectivity index (χ3v) is 5.90. The van der Waals surface area contributed by atoms with Gasteiger partial charge in [0.05, 0.1) is 17.9 Å². The summed E-state index contributed by atoms with van der Waals surface area (Å²) < 4.78 is 0. The first kappa shape index (κ1) is 17.2. The van der Waals surface area contributed by atoms with Gasteiger partial charge in [-0.25, -0.2) is 0 Å². The van der Waals surface area contributed by atoms with E-state index in [1.807, 2.05) is 19.1 Å². The maximum absolute atomic E-state index is 13.2. The smallest absolute Gasteiger partial charge is 0.250 e. The van der Waals surface area contributed by atoms with E-state index in [1.54, 1.807) is 19.1 Å². The predicted molar refractivity (Wildman–Crippen MR) is 94.0 cm³/mol. The number of unbranched alkanes of at least 4 members (excludes halogenated alkanes) is 1. The molecule has 1 aromatic rings. The quantitative estimate of drug-likeness (QED) is 0.685. The molecule has 3 amide bonds. The van der Waals surface area contributed by atoms with Gasteiger partial charge in [0.15, 0.2) is 0 Å². The fourth-order valence-electron chi connectivity index (χ4n) is 4.70. The van der Waals surface area contributed by atoms with Crippen LogP contribution in [0.15, 0.2) is 24.3 Å². The van der Waals surface area contributed by atoms with Crippen molar-refractivity contribution in [2.45, 2.75) is 44.4 Å². The lowest BCUT2D eigenvalue weighted by Gasteiger charge is -2.30. The van der Waals surface area contributed by atoms with Crippen LogP contribution in [-0.4, -0.2) is 46.4 Å². The highest BCUT2D eigenvalue weighted by molar-refractivity contribution is 6.15. The van der Waals surface area contributed by atoms with Crippen LogP contribution >= 0.6 is 0 Å². The Morgan fingerprint density at radius 2 is 1.96 bits per heavy atom. The van der Waals surface area contributed by atoms with E-state index in [1.165, 1.54) is 4.90 Å². The number of anilines is 1. The zero-order valence-corrected chi connectivity index (χ0v) is 14.9. The number of para-hydroxylation sites is 1. The molecule has 7 heteroatoms. The number of imide groups is 1. The average Bonchev–Trinajstić information content (AvgIpc) is 3.20. The molecule has 2 fully saturated rings. The van der Waals surface area contributed by atoms with E-state index in [9.17, 15) is 19.5 Å². The molecule has 3 heterocycles. The number of rotatable bonds is 4. The van der Waals surface area contributed by atoms with Gasteiger partial charge in [0, 0.05) is 23.8 Å². The molecule has 26 heavy (non-hydrogen) atoms. The van der Waals surface area contributed by atoms with Crippen molar-refractivity contribution in [2.75, 3.05) is 11.9 Å². The summed E-state index contributed by atoms with van der Waals surface area (Å²) in [5.41, 5.74) is 0.000255. The van der Waals surface area contributed by atoms with Crippen molar-refractivity contribution in [2.24, 2.45) is 11.8 Å². The number of amides is 3. The highest BCUT2D eigenvalue weighted by Gasteiger charge is 2.70. The molecule has 3 aliphatic heterocycles. The molecular weight excluding hydrogens is 334 g/mol. The number of fused-ring (bicyclic) bond motifs is 4. The van der Waals surface area contributed by atoms with Crippen LogP contribution in [0.4, 0.5) is 5.69 Å². The Bertz CT molecular complexity index is 793. The molecule has 0 saturated carbocycles. The van der Waals surface area contributed by atoms with Gasteiger partial charge in [0.25, 0.3) is 0 Å². The lowest BCUT2D eigenvalue weighted by atomic mass is 9.76. The Hall–Kier alpha value is -2.25. The van der Waals surface area contributed by atoms with Crippen molar-refractivity contribution in [1.82, 2.24) is 10.2 Å². The number of likely N-dealkylation sites (tertiary alicyclic amines) is 1. The van der Waals surface area contributed by atoms with Crippen molar-refractivity contribution in [3.05, 3.63) is 29.8 Å². The lowest BCUT2D eigenvalue weighted by Crippen LogP contribution is -2.54. The predicted octanol–water partition coefficient (Wildman–Crippen LogP) is 0.588. The molecule has 2 saturated heterocycles. The Morgan fingerprint density at radius 3 is 2.65 bits per heavy atom. The Balaban J connectivity index is 1.85. The summed E-state index contributed by atoms with van der Waals surface area (Å²) in [6, 6.07) is 6.55. The van der Waals surface area contributed by atoms with Gasteiger partial charge in [-0.2, -0.15) is 0 Å². The molecule has 4 rings (SSSR count). The number of hydrogen-bond donors (Lipinski definition) is 3. The first-order valence-corrected chi connectivity index (χ1v) is 9.15. The van der Waals surface area contributed by atoms with E-state index in [4.69, 9.17) is 0 Å². The first-order chi connectivity index (χ1) is 12.4. The van der Waals surface area contributed by atoms with Gasteiger partial charge in [-0.1, -0.05) is 31.5 Å². The largest absolute Gasteiger partial charge is 0.392 e. The third kappa shape index (κ3) is 2.04. The third-order valence-electron chi connectivity index (χ3n) is 5.90. The number of carbonyl (C=O) groups excluding carboxylic acids is 3. The second-order valence-electron chi connectivity index (χ2n) is 7.40. The standard InChI is InChI=1S/C19H23N3O4/c1-3-4-9-22-16(24)13-14(17(22)25)19(21-15(13)10(2)23)11-7-5-6-8-12(11)20-18(19)26/h5-8,10,13-15,21,23H,3-4,9H2,1-2H3,(H,20,26)/t10-,13+,14+,15-,19+/m1/s1. The molecule has 0 unspecified atom stereocenters. The maximum atomic E-state index is 13.2. The minimum Gasteiger partial charge on any atom is -0.392 e. The molecule has 138 valence electrons. The summed E-state index contributed by atoms with van der Waals surface area (Å²) in [5.74, 6) is -2.53. The van der Waals surface area contributed by atoms with Crippen molar-refractivity contribution in [3.8, 4) is 0 Å². The monoisotopic (exact) mass is 357 g/mol. The maximum Gasteiger partial charge on any atom is 0.250 e. The molecule has 5 atom stereocenters. The van der Waals surface area contributed by atoms with Crippen LogP contribution in [0.2, 0.25) is 0 Å². The molecule has 1 aromatic carbocycles. The Morgan fingerprint density at radius 1 is 1.23 bits per heavy atom. The minimum atomic E-state index is -1.31. The number of nitrogens with one attached hydrogen (secondary N) is 2. The van der Waals surface area contributed by atoms with E-state index in [0.717, 1.165) is 12.8 Å². The van der Waals surface area contributed by atoms with Gasteiger partial charge in [-0.15, -0.1) is 0 Å². The van der Waals surface area contributed by atoms with Gasteiger partial charge in [0.1, 0.15) is 5.54 Å². The molecule has 0 bridgehead atoms. The van der Waals surface area contributed by atoms with E-state index >= 15 is 0 Å². The summed E-state index contributed by atoms with van der Waals surface area (Å²) in [6.07, 6.45) is 0.712. The normalized spacial score (nSPS) is 33.6. The Labute approximate surface area is 151 Å². The van der Waals surface area contributed by atoms with E-state index in [0.29, 0.717) is 17.8 Å². The first-order valence-electron chi connectivity index (χ1n) is 9.15. The Kier molecular flexibility index (Phi) is 3.89. The highest BCUT2D eigenvalue weighted by atomic mass is 16.3. The second kappa shape index (κ2) is 5.89. The van der Waals surface area contributed by atoms with Crippen LogP contribution in [0.1, 0.15) is 32.3 Å². The van der Waals surface area contributed by atoms with Crippen molar-refractivity contribution < 1.29 is 19.5 Å². The molecule has 0 aromatic heterocycles. The zero-order chi connectivity index (χ0) is 18.6. The van der Waals surface area contributed by atoms with Gasteiger partial charge in [-0.3, -0.25) is 24.6 Å². The molecule has 3 aliphatic rings. The molecule has 0 aliphatic carbocycles. The summed E-state index contributed by atoms with van der Waals surface area (Å²) >= 11 is 0. The number of aliphatic hydroxyl groups is 1. The van der Waals surface area contributed by atoms with Gasteiger partial charge >= 0.3 is 0 Å². The fourth-order valence-corrected chi connectivity index (χ4v) is 4.70. The van der Waals surface area contributed by atoms with Crippen LogP contribution in [0, 0.1) is 11.8 Å². The SMILES string of the molecule is CCCCN1C(=O)[C@@H]2[C@@H]([C@@H](C)O)N[C@]3(C(=O)Nc4ccccc43)[C@@H]2C1=O. The van der Waals surface area contributed by atoms with E-state index < -0.39 is 29.5 Å². The van der Waals surface area contributed by atoms with Crippen molar-refractivity contribution in [1.29, 1.82) is 0 Å². The number of nitrogens with zero attached hydrogens (tertiary/aromatic N) is 1. The van der Waals surface area contributed by atoms with Crippen molar-refractivity contribution >= 4 is 23.4 Å². The van der Waals surface area contributed by atoms with Crippen LogP contribution in [0.3, 0.4) is 0 Å². The van der Waals surface area contributed by atoms with E-state index in [-0.39, 0.29) is 17.7 Å². The molecule has 7 nitrogen and oxygen atoms in total. The van der Waals surface area contributed by atoms with Crippen LogP contribution in [0.5, 0.6) is 0 Å². The molecule has 3 N–H and O–H groups in total. The number of hydrogen-bond acceptors (Lipinski definition) is 5. The summed E-state index contributed by atoms with van der Waals surface area (Å²) in [6.45, 7) is 3.93. The average molecular weight is 357 g/mol. The van der Waals surface area contributed by atoms with Crippen LogP contribution < -0.4 is 10.6 Å². The zero-order valence-electron chi connectivity index (χ0n) is 14.9. The van der Waals surface area contributed by atoms with Gasteiger partial charge in [0.2, 0.25) is 17.7 Å². The number of carbonyl (C=O) groups is 3. The second-order valence-corrected chi connectivity index (χ2v) is 7.40. The molecule has 0 radical (unpaired) electrons. The lowest BCUT2D eigenvalue weighted by molar-refractivity contribution is -0.143. The summed E-state index contributed by atoms with van der Waals surface area (Å²) in [5, 5.41) is 16.3. The van der Waals surface area contributed by atoms with Gasteiger partial charge < -0.3 is 10.4 Å². The van der Waals surface area contributed by atoms with Gasteiger partial charge in [-0.05, 0) is 19.4 Å². The van der Waals surface area contributed by atoms with Crippen molar-refractivity contribution in [3.63, 3.8) is 0 Å². The topological polar surface area (TPSA) is 98.7 Å². The molecule has 1 spiro atoms. The fraction of sp³-hybridized carbons (Fsp3) is 0.526. The number of aliphatic hydroxyl groups excluding tert-OH is 1. The summed E-state index contributed by atoms with van der Waals surface area (Å²) in [7, 11) is 0. The summed E-state index contributed by atoms with van der Waals surface area (Å²) in [4.78, 5) is 40.5. The van der Waals surface area contributed by atoms with Crippen LogP contribution in [-0.2, 0) is 19.9 Å². The minimum absolute atomic E-state index is 0.291. The van der Waals surface area contributed by atoms with E-state index in [2.05, 4.69) is 10.6 Å². The highest BCUT2D eigenvalue weighted by Crippen LogP contribution is 2.53.